The van der Waals surface area contributed by atoms with Gasteiger partial charge in [-0.3, -0.25) is 9.69 Å². The molecule has 1 heterocycles. The summed E-state index contributed by atoms with van der Waals surface area (Å²) in [4.78, 5) is 24.9. The van der Waals surface area contributed by atoms with Crippen molar-refractivity contribution >= 4 is 12.1 Å². The quantitative estimate of drug-likeness (QED) is 0.813. The number of carboxylic acid groups (broad SMARTS) is 1. The van der Waals surface area contributed by atoms with E-state index in [0.29, 0.717) is 31.5 Å². The minimum atomic E-state index is -0.785. The molecule has 2 fully saturated rings. The number of hydrogen-bond acceptors (Lipinski definition) is 4. The van der Waals surface area contributed by atoms with Gasteiger partial charge in [0.1, 0.15) is 0 Å². The Morgan fingerprint density at radius 1 is 1.35 bits per heavy atom. The van der Waals surface area contributed by atoms with Crippen LogP contribution in [0.25, 0.3) is 0 Å². The fourth-order valence-electron chi connectivity index (χ4n) is 3.20. The summed E-state index contributed by atoms with van der Waals surface area (Å²) >= 11 is 0. The molecule has 0 bridgehead atoms. The van der Waals surface area contributed by atoms with E-state index in [1.165, 1.54) is 26.4 Å². The molecule has 2 N–H and O–H groups in total. The predicted molar refractivity (Wildman–Crippen MR) is 73.4 cm³/mol. The van der Waals surface area contributed by atoms with Gasteiger partial charge in [0, 0.05) is 25.2 Å². The lowest BCUT2D eigenvalue weighted by Gasteiger charge is -2.44. The van der Waals surface area contributed by atoms with E-state index in [-0.39, 0.29) is 6.04 Å². The fourth-order valence-corrected chi connectivity index (χ4v) is 3.20. The van der Waals surface area contributed by atoms with E-state index in [1.807, 2.05) is 0 Å². The summed E-state index contributed by atoms with van der Waals surface area (Å²) in [6.45, 7) is 3.45. The predicted octanol–water partition coefficient (Wildman–Crippen LogP) is 1.31. The van der Waals surface area contributed by atoms with Crippen molar-refractivity contribution in [1.82, 2.24) is 10.2 Å². The van der Waals surface area contributed by atoms with E-state index in [0.717, 1.165) is 0 Å². The molecule has 3 atom stereocenters. The lowest BCUT2D eigenvalue weighted by Crippen LogP contribution is -2.56. The second kappa shape index (κ2) is 6.43. The van der Waals surface area contributed by atoms with E-state index in [2.05, 4.69) is 21.9 Å². The molecule has 3 unspecified atom stereocenters. The maximum absolute atomic E-state index is 11.3. The average molecular weight is 284 g/mol. The summed E-state index contributed by atoms with van der Waals surface area (Å²) in [7, 11) is 1.32. The molecule has 0 aromatic carbocycles. The summed E-state index contributed by atoms with van der Waals surface area (Å²) in [5, 5.41) is 12.0. The highest BCUT2D eigenvalue weighted by molar-refractivity contribution is 5.71. The van der Waals surface area contributed by atoms with E-state index in [4.69, 9.17) is 0 Å². The van der Waals surface area contributed by atoms with Gasteiger partial charge in [-0.2, -0.15) is 0 Å². The van der Waals surface area contributed by atoms with Crippen LogP contribution in [0.4, 0.5) is 4.79 Å². The number of rotatable bonds is 4. The molecule has 2 rings (SSSR count). The molecular formula is C14H24N2O4. The maximum atomic E-state index is 11.3. The Morgan fingerprint density at radius 2 is 2.05 bits per heavy atom. The van der Waals surface area contributed by atoms with Gasteiger partial charge in [-0.05, 0) is 32.1 Å². The van der Waals surface area contributed by atoms with Gasteiger partial charge in [-0.1, -0.05) is 6.42 Å². The number of ether oxygens (including phenoxy) is 1. The van der Waals surface area contributed by atoms with Crippen molar-refractivity contribution in [1.29, 1.82) is 0 Å². The summed E-state index contributed by atoms with van der Waals surface area (Å²) in [5.74, 6) is -0.540. The van der Waals surface area contributed by atoms with Crippen LogP contribution in [0.3, 0.4) is 0 Å². The highest BCUT2D eigenvalue weighted by atomic mass is 16.5. The van der Waals surface area contributed by atoms with Crippen molar-refractivity contribution in [3.05, 3.63) is 0 Å². The number of carbonyl (C=O) groups is 2. The first kappa shape index (κ1) is 15.1. The molecule has 1 aliphatic carbocycles. The molecule has 1 saturated carbocycles. The third-order valence-electron chi connectivity index (χ3n) is 4.74. The third kappa shape index (κ3) is 3.42. The zero-order valence-corrected chi connectivity index (χ0v) is 12.2. The number of carboxylic acids is 1. The Labute approximate surface area is 119 Å². The SMILES string of the molecule is COC(=O)NC1CC(C(=O)O)CN(C(C)C2CCC2)C1. The molecule has 0 aromatic rings. The van der Waals surface area contributed by atoms with Gasteiger partial charge in [-0.15, -0.1) is 0 Å². The van der Waals surface area contributed by atoms with Crippen LogP contribution in [-0.4, -0.2) is 54.4 Å². The topological polar surface area (TPSA) is 78.9 Å². The van der Waals surface area contributed by atoms with Crippen LogP contribution in [0.15, 0.2) is 0 Å². The van der Waals surface area contributed by atoms with Crippen molar-refractivity contribution < 1.29 is 19.4 Å². The van der Waals surface area contributed by atoms with Gasteiger partial charge in [0.25, 0.3) is 0 Å². The molecule has 6 nitrogen and oxygen atoms in total. The first-order valence-electron chi connectivity index (χ1n) is 7.32. The van der Waals surface area contributed by atoms with Crippen molar-refractivity contribution in [3.63, 3.8) is 0 Å². The van der Waals surface area contributed by atoms with Gasteiger partial charge < -0.3 is 15.2 Å². The molecule has 6 heteroatoms. The Kier molecular flexibility index (Phi) is 4.86. The number of piperidine rings is 1. The molecule has 2 aliphatic rings. The zero-order chi connectivity index (χ0) is 14.7. The smallest absolute Gasteiger partial charge is 0.407 e. The molecular weight excluding hydrogens is 260 g/mol. The number of nitrogens with one attached hydrogen (secondary N) is 1. The van der Waals surface area contributed by atoms with Gasteiger partial charge in [0.05, 0.1) is 13.0 Å². The Balaban J connectivity index is 1.99. The third-order valence-corrected chi connectivity index (χ3v) is 4.74. The van der Waals surface area contributed by atoms with E-state index in [9.17, 15) is 14.7 Å². The molecule has 20 heavy (non-hydrogen) atoms. The zero-order valence-electron chi connectivity index (χ0n) is 12.2. The standard InChI is InChI=1S/C14H24N2O4/c1-9(10-4-3-5-10)16-7-11(13(17)18)6-12(8-16)15-14(19)20-2/h9-12H,3-8H2,1-2H3,(H,15,19)(H,17,18). The molecule has 0 spiro atoms. The Bertz CT molecular complexity index is 370. The molecule has 0 aromatic heterocycles. The summed E-state index contributed by atoms with van der Waals surface area (Å²) in [6.07, 6.45) is 3.71. The van der Waals surface area contributed by atoms with Crippen LogP contribution in [-0.2, 0) is 9.53 Å². The largest absolute Gasteiger partial charge is 0.481 e. The summed E-state index contributed by atoms with van der Waals surface area (Å²) < 4.78 is 4.61. The van der Waals surface area contributed by atoms with Crippen LogP contribution in [0, 0.1) is 11.8 Å². The van der Waals surface area contributed by atoms with E-state index < -0.39 is 18.0 Å². The van der Waals surface area contributed by atoms with Gasteiger partial charge >= 0.3 is 12.1 Å². The van der Waals surface area contributed by atoms with Crippen molar-refractivity contribution in [2.45, 2.75) is 44.7 Å². The first-order chi connectivity index (χ1) is 9.51. The number of likely N-dealkylation sites (tertiary alicyclic amines) is 1. The second-order valence-corrected chi connectivity index (χ2v) is 5.99. The second-order valence-electron chi connectivity index (χ2n) is 5.99. The Hall–Kier alpha value is -1.30. The van der Waals surface area contributed by atoms with E-state index >= 15 is 0 Å². The van der Waals surface area contributed by atoms with Crippen molar-refractivity contribution in [2.24, 2.45) is 11.8 Å². The number of methoxy groups -OCH3 is 1. The number of amides is 1. The highest BCUT2D eigenvalue weighted by Crippen LogP contribution is 2.33. The van der Waals surface area contributed by atoms with Crippen LogP contribution in [0.5, 0.6) is 0 Å². The van der Waals surface area contributed by atoms with E-state index in [1.54, 1.807) is 0 Å². The lowest BCUT2D eigenvalue weighted by molar-refractivity contribution is -0.144. The molecule has 1 amide bonds. The van der Waals surface area contributed by atoms with Crippen LogP contribution >= 0.6 is 0 Å². The van der Waals surface area contributed by atoms with Crippen molar-refractivity contribution in [2.75, 3.05) is 20.2 Å². The lowest BCUT2D eigenvalue weighted by atomic mass is 9.78. The summed E-state index contributed by atoms with van der Waals surface area (Å²) in [6, 6.07) is 0.229. The van der Waals surface area contributed by atoms with Crippen LogP contribution in [0.1, 0.15) is 32.6 Å². The van der Waals surface area contributed by atoms with Gasteiger partial charge in [-0.25, -0.2) is 4.79 Å². The van der Waals surface area contributed by atoms with Crippen LogP contribution in [0.2, 0.25) is 0 Å². The Morgan fingerprint density at radius 3 is 2.55 bits per heavy atom. The monoisotopic (exact) mass is 284 g/mol. The summed E-state index contributed by atoms with van der Waals surface area (Å²) in [5.41, 5.74) is 0. The molecule has 114 valence electrons. The molecule has 1 saturated heterocycles. The number of aliphatic carboxylic acids is 1. The van der Waals surface area contributed by atoms with Gasteiger partial charge in [0.2, 0.25) is 0 Å². The first-order valence-corrected chi connectivity index (χ1v) is 7.32. The van der Waals surface area contributed by atoms with Crippen molar-refractivity contribution in [3.8, 4) is 0 Å². The molecule has 1 aliphatic heterocycles. The molecule has 0 radical (unpaired) electrons. The minimum Gasteiger partial charge on any atom is -0.481 e. The van der Waals surface area contributed by atoms with Gasteiger partial charge in [0.15, 0.2) is 0 Å². The minimum absolute atomic E-state index is 0.153. The van der Waals surface area contributed by atoms with Crippen LogP contribution < -0.4 is 5.32 Å². The highest BCUT2D eigenvalue weighted by Gasteiger charge is 2.37. The number of carbonyl (C=O) groups excluding carboxylic acids is 1. The maximum Gasteiger partial charge on any atom is 0.407 e. The normalized spacial score (nSPS) is 29.3. The fraction of sp³-hybridized carbons (Fsp3) is 0.857. The number of nitrogens with zero attached hydrogens (tertiary/aromatic N) is 1. The average Bonchev–Trinajstić information content (AvgIpc) is 2.36. The number of hydrogen-bond donors (Lipinski definition) is 2. The number of alkyl carbamates (subject to hydrolysis) is 1.